The SMILES string of the molecule is Cc1ccnc(N(CCCN)C2CCC2)c1Br. The molecule has 0 amide bonds. The molecule has 1 aromatic heterocycles. The van der Waals surface area contributed by atoms with Crippen LogP contribution in [-0.2, 0) is 0 Å². The molecule has 2 N–H and O–H groups in total. The van der Waals surface area contributed by atoms with Gasteiger partial charge >= 0.3 is 0 Å². The third-order valence-corrected chi connectivity index (χ3v) is 4.43. The Balaban J connectivity index is 2.21. The van der Waals surface area contributed by atoms with Crippen LogP contribution in [0.2, 0.25) is 0 Å². The number of aromatic nitrogens is 1. The third kappa shape index (κ3) is 2.80. The fraction of sp³-hybridized carbons (Fsp3) is 0.615. The molecule has 0 radical (unpaired) electrons. The van der Waals surface area contributed by atoms with Crippen molar-refractivity contribution in [3.8, 4) is 0 Å². The van der Waals surface area contributed by atoms with Crippen molar-refractivity contribution in [2.24, 2.45) is 5.73 Å². The molecular formula is C13H20BrN3. The van der Waals surface area contributed by atoms with Gasteiger partial charge in [-0.3, -0.25) is 0 Å². The number of hydrogen-bond donors (Lipinski definition) is 1. The molecule has 0 spiro atoms. The summed E-state index contributed by atoms with van der Waals surface area (Å²) in [5.41, 5.74) is 6.87. The van der Waals surface area contributed by atoms with Gasteiger partial charge in [0.1, 0.15) is 5.82 Å². The predicted octanol–water partition coefficient (Wildman–Crippen LogP) is 2.86. The quantitative estimate of drug-likeness (QED) is 0.909. The highest BCUT2D eigenvalue weighted by atomic mass is 79.9. The summed E-state index contributed by atoms with van der Waals surface area (Å²) in [6, 6.07) is 2.70. The van der Waals surface area contributed by atoms with E-state index < -0.39 is 0 Å². The van der Waals surface area contributed by atoms with Gasteiger partial charge in [-0.2, -0.15) is 0 Å². The van der Waals surface area contributed by atoms with E-state index in [0.29, 0.717) is 6.04 Å². The Bertz CT molecular complexity index is 377. The number of hydrogen-bond acceptors (Lipinski definition) is 3. The summed E-state index contributed by atoms with van der Waals surface area (Å²) >= 11 is 3.66. The summed E-state index contributed by atoms with van der Waals surface area (Å²) in [6.45, 7) is 3.86. The van der Waals surface area contributed by atoms with Crippen molar-refractivity contribution in [1.29, 1.82) is 0 Å². The van der Waals surface area contributed by atoms with E-state index in [9.17, 15) is 0 Å². The maximum absolute atomic E-state index is 5.62. The molecule has 3 nitrogen and oxygen atoms in total. The van der Waals surface area contributed by atoms with Gasteiger partial charge < -0.3 is 10.6 Å². The monoisotopic (exact) mass is 297 g/mol. The van der Waals surface area contributed by atoms with Crippen LogP contribution < -0.4 is 10.6 Å². The second-order valence-corrected chi connectivity index (χ2v) is 5.48. The van der Waals surface area contributed by atoms with Crippen molar-refractivity contribution in [2.45, 2.75) is 38.6 Å². The molecule has 0 saturated heterocycles. The molecular weight excluding hydrogens is 278 g/mol. The fourth-order valence-electron chi connectivity index (χ4n) is 2.15. The first-order valence-electron chi connectivity index (χ1n) is 6.32. The van der Waals surface area contributed by atoms with Crippen molar-refractivity contribution in [1.82, 2.24) is 4.98 Å². The first-order chi connectivity index (χ1) is 8.24. The molecule has 17 heavy (non-hydrogen) atoms. The van der Waals surface area contributed by atoms with Crippen LogP contribution in [0, 0.1) is 6.92 Å². The van der Waals surface area contributed by atoms with Gasteiger partial charge in [0.2, 0.25) is 0 Å². The van der Waals surface area contributed by atoms with Crippen molar-refractivity contribution < 1.29 is 0 Å². The number of anilines is 1. The van der Waals surface area contributed by atoms with E-state index in [1.54, 1.807) is 0 Å². The molecule has 94 valence electrons. The summed E-state index contributed by atoms with van der Waals surface area (Å²) in [5, 5.41) is 0. The minimum atomic E-state index is 0.659. The van der Waals surface area contributed by atoms with Crippen LogP contribution in [0.15, 0.2) is 16.7 Å². The zero-order chi connectivity index (χ0) is 12.3. The van der Waals surface area contributed by atoms with Crippen molar-refractivity contribution in [2.75, 3.05) is 18.0 Å². The third-order valence-electron chi connectivity index (χ3n) is 3.45. The average molecular weight is 298 g/mol. The highest BCUT2D eigenvalue weighted by Gasteiger charge is 2.27. The van der Waals surface area contributed by atoms with Gasteiger partial charge in [0, 0.05) is 18.8 Å². The smallest absolute Gasteiger partial charge is 0.143 e. The lowest BCUT2D eigenvalue weighted by Gasteiger charge is -2.39. The summed E-state index contributed by atoms with van der Waals surface area (Å²) in [4.78, 5) is 6.96. The lowest BCUT2D eigenvalue weighted by Crippen LogP contribution is -2.42. The van der Waals surface area contributed by atoms with E-state index in [2.05, 4.69) is 32.7 Å². The lowest BCUT2D eigenvalue weighted by molar-refractivity contribution is 0.382. The molecule has 0 unspecified atom stereocenters. The molecule has 1 aromatic rings. The van der Waals surface area contributed by atoms with Gasteiger partial charge in [-0.1, -0.05) is 0 Å². The minimum Gasteiger partial charge on any atom is -0.353 e. The largest absolute Gasteiger partial charge is 0.353 e. The van der Waals surface area contributed by atoms with Crippen molar-refractivity contribution in [3.63, 3.8) is 0 Å². The summed E-state index contributed by atoms with van der Waals surface area (Å²) < 4.78 is 1.13. The first kappa shape index (κ1) is 12.8. The molecule has 1 heterocycles. The average Bonchev–Trinajstić information content (AvgIpc) is 2.26. The molecule has 2 rings (SSSR count). The Morgan fingerprint density at radius 2 is 2.29 bits per heavy atom. The van der Waals surface area contributed by atoms with Crippen LogP contribution in [-0.4, -0.2) is 24.1 Å². The second kappa shape index (κ2) is 5.83. The number of nitrogens with two attached hydrogens (primary N) is 1. The molecule has 1 aliphatic carbocycles. The van der Waals surface area contributed by atoms with Crippen LogP contribution in [0.4, 0.5) is 5.82 Å². The number of pyridine rings is 1. The zero-order valence-electron chi connectivity index (χ0n) is 10.3. The molecule has 1 aliphatic rings. The van der Waals surface area contributed by atoms with Gasteiger partial charge in [-0.25, -0.2) is 4.98 Å². The Morgan fingerprint density at radius 3 is 2.88 bits per heavy atom. The Kier molecular flexibility index (Phi) is 4.40. The van der Waals surface area contributed by atoms with E-state index in [1.807, 2.05) is 12.3 Å². The Labute approximate surface area is 112 Å². The highest BCUT2D eigenvalue weighted by molar-refractivity contribution is 9.10. The standard InChI is InChI=1S/C13H20BrN3/c1-10-6-8-16-13(12(10)14)17(9-3-7-15)11-4-2-5-11/h6,8,11H,2-5,7,9,15H2,1H3. The number of nitrogens with zero attached hydrogens (tertiary/aromatic N) is 2. The van der Waals surface area contributed by atoms with E-state index >= 15 is 0 Å². The Hall–Kier alpha value is -0.610. The number of rotatable bonds is 5. The maximum atomic E-state index is 5.62. The van der Waals surface area contributed by atoms with E-state index in [1.165, 1.54) is 24.8 Å². The second-order valence-electron chi connectivity index (χ2n) is 4.69. The maximum Gasteiger partial charge on any atom is 0.143 e. The molecule has 1 fully saturated rings. The van der Waals surface area contributed by atoms with E-state index in [-0.39, 0.29) is 0 Å². The predicted molar refractivity (Wildman–Crippen MR) is 75.3 cm³/mol. The van der Waals surface area contributed by atoms with Crippen LogP contribution in [0.3, 0.4) is 0 Å². The molecule has 1 saturated carbocycles. The van der Waals surface area contributed by atoms with E-state index in [0.717, 1.165) is 29.8 Å². The first-order valence-corrected chi connectivity index (χ1v) is 7.11. The van der Waals surface area contributed by atoms with Gasteiger partial charge in [0.05, 0.1) is 4.47 Å². The molecule has 0 aliphatic heterocycles. The topological polar surface area (TPSA) is 42.2 Å². The number of aryl methyl sites for hydroxylation is 1. The molecule has 0 atom stereocenters. The van der Waals surface area contributed by atoms with Gasteiger partial charge in [0.25, 0.3) is 0 Å². The van der Waals surface area contributed by atoms with Crippen LogP contribution >= 0.6 is 15.9 Å². The zero-order valence-corrected chi connectivity index (χ0v) is 11.9. The summed E-state index contributed by atoms with van der Waals surface area (Å²) in [7, 11) is 0. The molecule has 4 heteroatoms. The number of halogens is 1. The normalized spacial score (nSPS) is 15.7. The van der Waals surface area contributed by atoms with Crippen LogP contribution in [0.1, 0.15) is 31.2 Å². The Morgan fingerprint density at radius 1 is 1.53 bits per heavy atom. The fourth-order valence-corrected chi connectivity index (χ4v) is 2.61. The van der Waals surface area contributed by atoms with Gasteiger partial charge in [-0.15, -0.1) is 0 Å². The summed E-state index contributed by atoms with van der Waals surface area (Å²) in [5.74, 6) is 1.09. The molecule has 0 bridgehead atoms. The van der Waals surface area contributed by atoms with Gasteiger partial charge in [0.15, 0.2) is 0 Å². The molecule has 0 aromatic carbocycles. The highest BCUT2D eigenvalue weighted by Crippen LogP contribution is 2.33. The van der Waals surface area contributed by atoms with Crippen LogP contribution in [0.5, 0.6) is 0 Å². The lowest BCUT2D eigenvalue weighted by atomic mass is 9.91. The van der Waals surface area contributed by atoms with Crippen molar-refractivity contribution >= 4 is 21.7 Å². The van der Waals surface area contributed by atoms with Crippen molar-refractivity contribution in [3.05, 3.63) is 22.3 Å². The summed E-state index contributed by atoms with van der Waals surface area (Å²) in [6.07, 6.45) is 6.83. The van der Waals surface area contributed by atoms with Gasteiger partial charge in [-0.05, 0) is 66.7 Å². The van der Waals surface area contributed by atoms with E-state index in [4.69, 9.17) is 5.73 Å². The minimum absolute atomic E-state index is 0.659. The van der Waals surface area contributed by atoms with Crippen LogP contribution in [0.25, 0.3) is 0 Å².